The highest BCUT2D eigenvalue weighted by molar-refractivity contribution is 6.08. The van der Waals surface area contributed by atoms with Crippen molar-refractivity contribution in [2.75, 3.05) is 0 Å². The zero-order valence-corrected chi connectivity index (χ0v) is 19.5. The molecule has 1 rings (SSSR count). The summed E-state index contributed by atoms with van der Waals surface area (Å²) in [6.07, 6.45) is 14.4. The molecule has 0 saturated carbocycles. The third kappa shape index (κ3) is 11.3. The van der Waals surface area contributed by atoms with Gasteiger partial charge in [-0.3, -0.25) is 24.5 Å². The Hall–Kier alpha value is -1.92. The van der Waals surface area contributed by atoms with Crippen LogP contribution in [0.2, 0.25) is 0 Å². The van der Waals surface area contributed by atoms with Gasteiger partial charge in [-0.25, -0.2) is 0 Å². The highest BCUT2D eigenvalue weighted by Crippen LogP contribution is 2.26. The van der Waals surface area contributed by atoms with Crippen molar-refractivity contribution in [3.63, 3.8) is 0 Å². The number of unbranched alkanes of at least 4 members (excludes halogenated alkanes) is 12. The Labute approximate surface area is 187 Å². The van der Waals surface area contributed by atoms with E-state index in [-0.39, 0.29) is 12.8 Å². The molecule has 0 bridgehead atoms. The first-order chi connectivity index (χ1) is 14.9. The van der Waals surface area contributed by atoms with Gasteiger partial charge in [-0.15, -0.1) is 0 Å². The molecule has 1 fully saturated rings. The monoisotopic (exact) mass is 439 g/mol. The van der Waals surface area contributed by atoms with Gasteiger partial charge in [0.15, 0.2) is 0 Å². The standard InChI is InChI=1S/C24H41NO6/c1-3-5-7-9-11-13-15-17-21(27)30-24(19-20(26)25-23(24)29)31-22(28)18-16-14-12-10-8-6-4-2/h3-19H2,1-2H3,(H,25,26,29). The zero-order valence-electron chi connectivity index (χ0n) is 19.5. The van der Waals surface area contributed by atoms with Crippen molar-refractivity contribution in [1.82, 2.24) is 5.32 Å². The van der Waals surface area contributed by atoms with Gasteiger partial charge in [-0.1, -0.05) is 90.9 Å². The molecular formula is C24H41NO6. The zero-order chi connectivity index (χ0) is 23.0. The minimum atomic E-state index is -2.15. The van der Waals surface area contributed by atoms with Crippen LogP contribution >= 0.6 is 0 Å². The molecule has 1 saturated heterocycles. The van der Waals surface area contributed by atoms with Crippen LogP contribution in [0, 0.1) is 0 Å². The molecule has 1 aliphatic rings. The first-order valence-corrected chi connectivity index (χ1v) is 12.2. The van der Waals surface area contributed by atoms with Crippen LogP contribution in [0.15, 0.2) is 0 Å². The summed E-state index contributed by atoms with van der Waals surface area (Å²) < 4.78 is 10.5. The Bertz CT molecular complexity index is 542. The van der Waals surface area contributed by atoms with Crippen LogP contribution in [0.1, 0.15) is 123 Å². The largest absolute Gasteiger partial charge is 0.413 e. The quantitative estimate of drug-likeness (QED) is 0.138. The Morgan fingerprint density at radius 1 is 0.710 bits per heavy atom. The van der Waals surface area contributed by atoms with Crippen LogP contribution in [0.4, 0.5) is 0 Å². The average molecular weight is 440 g/mol. The Kier molecular flexibility index (Phi) is 13.8. The molecule has 2 amide bonds. The van der Waals surface area contributed by atoms with Gasteiger partial charge in [0.25, 0.3) is 0 Å². The van der Waals surface area contributed by atoms with Gasteiger partial charge in [-0.2, -0.15) is 0 Å². The minimum Gasteiger partial charge on any atom is -0.413 e. The molecule has 0 unspecified atom stereocenters. The van der Waals surface area contributed by atoms with Crippen molar-refractivity contribution in [3.8, 4) is 0 Å². The number of hydrogen-bond acceptors (Lipinski definition) is 6. The second-order valence-corrected chi connectivity index (χ2v) is 8.50. The molecule has 0 spiro atoms. The number of nitrogens with one attached hydrogen (secondary N) is 1. The summed E-state index contributed by atoms with van der Waals surface area (Å²) in [5.74, 6) is -4.88. The number of amides is 2. The van der Waals surface area contributed by atoms with Crippen LogP contribution in [0.3, 0.4) is 0 Å². The number of hydrogen-bond donors (Lipinski definition) is 1. The molecule has 31 heavy (non-hydrogen) atoms. The van der Waals surface area contributed by atoms with E-state index in [0.717, 1.165) is 38.5 Å². The summed E-state index contributed by atoms with van der Waals surface area (Å²) in [6.45, 7) is 4.33. The van der Waals surface area contributed by atoms with Gasteiger partial charge in [0, 0.05) is 12.8 Å². The van der Waals surface area contributed by atoms with E-state index in [9.17, 15) is 19.2 Å². The Morgan fingerprint density at radius 2 is 1.10 bits per heavy atom. The molecule has 1 heterocycles. The molecular weight excluding hydrogens is 398 g/mol. The van der Waals surface area contributed by atoms with Gasteiger partial charge < -0.3 is 9.47 Å². The maximum atomic E-state index is 12.3. The smallest absolute Gasteiger partial charge is 0.345 e. The van der Waals surface area contributed by atoms with Crippen LogP contribution in [0.5, 0.6) is 0 Å². The molecule has 7 heteroatoms. The van der Waals surface area contributed by atoms with Crippen molar-refractivity contribution in [3.05, 3.63) is 0 Å². The SMILES string of the molecule is CCCCCCCCCC(=O)OC1(OC(=O)CCCCCCCCC)CC(=O)NC1=O. The normalized spacial score (nSPS) is 15.0. The maximum absolute atomic E-state index is 12.3. The molecule has 0 aromatic carbocycles. The fourth-order valence-electron chi connectivity index (χ4n) is 3.67. The van der Waals surface area contributed by atoms with E-state index in [4.69, 9.17) is 9.47 Å². The maximum Gasteiger partial charge on any atom is 0.345 e. The molecule has 0 aromatic rings. The predicted molar refractivity (Wildman–Crippen MR) is 118 cm³/mol. The van der Waals surface area contributed by atoms with Gasteiger partial charge in [0.1, 0.15) is 6.42 Å². The highest BCUT2D eigenvalue weighted by atomic mass is 16.7. The summed E-state index contributed by atoms with van der Waals surface area (Å²) in [6, 6.07) is 0. The fourth-order valence-corrected chi connectivity index (χ4v) is 3.67. The molecule has 0 atom stereocenters. The molecule has 0 radical (unpaired) electrons. The third-order valence-electron chi connectivity index (χ3n) is 5.52. The van der Waals surface area contributed by atoms with Crippen molar-refractivity contribution in [2.45, 2.75) is 129 Å². The molecule has 0 aliphatic carbocycles. The lowest BCUT2D eigenvalue weighted by Crippen LogP contribution is -2.46. The van der Waals surface area contributed by atoms with E-state index >= 15 is 0 Å². The van der Waals surface area contributed by atoms with E-state index in [2.05, 4.69) is 19.2 Å². The van der Waals surface area contributed by atoms with E-state index in [1.165, 1.54) is 38.5 Å². The van der Waals surface area contributed by atoms with Crippen LogP contribution in [-0.2, 0) is 28.7 Å². The van der Waals surface area contributed by atoms with Crippen molar-refractivity contribution < 1.29 is 28.7 Å². The average Bonchev–Trinajstić information content (AvgIpc) is 2.98. The summed E-state index contributed by atoms with van der Waals surface area (Å²) in [5.41, 5.74) is 0. The van der Waals surface area contributed by atoms with Crippen molar-refractivity contribution >= 4 is 23.8 Å². The summed E-state index contributed by atoms with van der Waals surface area (Å²) in [5, 5.41) is 2.08. The van der Waals surface area contributed by atoms with Crippen molar-refractivity contribution in [1.29, 1.82) is 0 Å². The van der Waals surface area contributed by atoms with E-state index in [1.807, 2.05) is 0 Å². The topological polar surface area (TPSA) is 98.8 Å². The van der Waals surface area contributed by atoms with Crippen molar-refractivity contribution in [2.24, 2.45) is 0 Å². The Morgan fingerprint density at radius 3 is 1.45 bits per heavy atom. The van der Waals surface area contributed by atoms with Crippen LogP contribution in [0.25, 0.3) is 0 Å². The summed E-state index contributed by atoms with van der Waals surface area (Å²) in [4.78, 5) is 48.4. The predicted octanol–water partition coefficient (Wildman–Crippen LogP) is 5.10. The minimum absolute atomic E-state index is 0.131. The lowest BCUT2D eigenvalue weighted by molar-refractivity contribution is -0.222. The van der Waals surface area contributed by atoms with Gasteiger partial charge in [-0.05, 0) is 12.8 Å². The van der Waals surface area contributed by atoms with E-state index < -0.39 is 36.0 Å². The van der Waals surface area contributed by atoms with Crippen LogP contribution in [-0.4, -0.2) is 29.5 Å². The van der Waals surface area contributed by atoms with Crippen LogP contribution < -0.4 is 5.32 Å². The summed E-state index contributed by atoms with van der Waals surface area (Å²) >= 11 is 0. The highest BCUT2D eigenvalue weighted by Gasteiger charge is 2.54. The molecule has 1 aliphatic heterocycles. The molecule has 7 nitrogen and oxygen atoms in total. The Balaban J connectivity index is 2.40. The van der Waals surface area contributed by atoms with Gasteiger partial charge in [0.2, 0.25) is 5.91 Å². The number of carbonyl (C=O) groups excluding carboxylic acids is 4. The summed E-state index contributed by atoms with van der Waals surface area (Å²) in [7, 11) is 0. The number of esters is 2. The first kappa shape index (κ1) is 27.1. The van der Waals surface area contributed by atoms with E-state index in [1.54, 1.807) is 0 Å². The second-order valence-electron chi connectivity index (χ2n) is 8.50. The lowest BCUT2D eigenvalue weighted by atomic mass is 10.1. The fraction of sp³-hybridized carbons (Fsp3) is 0.833. The molecule has 0 aromatic heterocycles. The molecule has 1 N–H and O–H groups in total. The van der Waals surface area contributed by atoms with E-state index in [0.29, 0.717) is 12.8 Å². The molecule has 178 valence electrons. The first-order valence-electron chi connectivity index (χ1n) is 12.2. The lowest BCUT2D eigenvalue weighted by Gasteiger charge is -2.25. The second kappa shape index (κ2) is 15.8. The van der Waals surface area contributed by atoms with Gasteiger partial charge >= 0.3 is 23.6 Å². The number of imide groups is 1. The number of rotatable bonds is 18. The number of carbonyl (C=O) groups is 4. The third-order valence-corrected chi connectivity index (χ3v) is 5.52. The number of ether oxygens (including phenoxy) is 2. The van der Waals surface area contributed by atoms with Gasteiger partial charge in [0.05, 0.1) is 0 Å².